The first-order chi connectivity index (χ1) is 12.3. The topological polar surface area (TPSA) is 64.6 Å². The summed E-state index contributed by atoms with van der Waals surface area (Å²) >= 11 is 6.18. The highest BCUT2D eigenvalue weighted by Crippen LogP contribution is 2.32. The van der Waals surface area contributed by atoms with E-state index >= 15 is 0 Å². The number of halogens is 1. The standard InChI is InChI=1S/C20H22ClNO4/c1-12(2)15-9-16(21)13(3)7-19(15)26-11-20(24)22-17-8-14(10-23)5-6-18(17)25-4/h5-10,12H,11H2,1-4H3,(H,22,24). The Bertz CT molecular complexity index is 818. The number of carbonyl (C=O) groups excluding carboxylic acids is 2. The Morgan fingerprint density at radius 3 is 2.58 bits per heavy atom. The number of rotatable bonds is 7. The largest absolute Gasteiger partial charge is 0.495 e. The van der Waals surface area contributed by atoms with Crippen molar-refractivity contribution in [2.75, 3.05) is 19.0 Å². The molecular weight excluding hydrogens is 354 g/mol. The molecule has 0 atom stereocenters. The van der Waals surface area contributed by atoms with E-state index < -0.39 is 0 Å². The van der Waals surface area contributed by atoms with Crippen molar-refractivity contribution in [2.45, 2.75) is 26.7 Å². The van der Waals surface area contributed by atoms with Gasteiger partial charge in [-0.15, -0.1) is 0 Å². The third-order valence-corrected chi connectivity index (χ3v) is 4.31. The lowest BCUT2D eigenvalue weighted by molar-refractivity contribution is -0.118. The number of hydrogen-bond acceptors (Lipinski definition) is 4. The van der Waals surface area contributed by atoms with Gasteiger partial charge >= 0.3 is 0 Å². The normalized spacial score (nSPS) is 10.5. The molecule has 0 aliphatic carbocycles. The van der Waals surface area contributed by atoms with Crippen LogP contribution in [0.25, 0.3) is 0 Å². The third-order valence-electron chi connectivity index (χ3n) is 3.91. The summed E-state index contributed by atoms with van der Waals surface area (Å²) in [6.07, 6.45) is 0.705. The second-order valence-corrected chi connectivity index (χ2v) is 6.62. The van der Waals surface area contributed by atoms with Crippen LogP contribution >= 0.6 is 11.6 Å². The first-order valence-electron chi connectivity index (χ1n) is 8.21. The van der Waals surface area contributed by atoms with E-state index in [2.05, 4.69) is 5.32 Å². The van der Waals surface area contributed by atoms with E-state index in [0.717, 1.165) is 11.1 Å². The number of nitrogens with one attached hydrogen (secondary N) is 1. The predicted molar refractivity (Wildman–Crippen MR) is 103 cm³/mol. The average molecular weight is 376 g/mol. The van der Waals surface area contributed by atoms with Crippen molar-refractivity contribution in [1.29, 1.82) is 0 Å². The molecule has 0 heterocycles. The summed E-state index contributed by atoms with van der Waals surface area (Å²) in [6, 6.07) is 8.49. The predicted octanol–water partition coefficient (Wildman–Crippen LogP) is 4.61. The van der Waals surface area contributed by atoms with Gasteiger partial charge in [0.2, 0.25) is 0 Å². The number of aldehydes is 1. The van der Waals surface area contributed by atoms with Gasteiger partial charge in [0.1, 0.15) is 17.8 Å². The molecule has 2 aromatic rings. The molecule has 2 rings (SSSR count). The number of hydrogen-bond donors (Lipinski definition) is 1. The van der Waals surface area contributed by atoms with E-state index in [1.54, 1.807) is 18.2 Å². The first-order valence-corrected chi connectivity index (χ1v) is 8.59. The van der Waals surface area contributed by atoms with Crippen LogP contribution in [0, 0.1) is 6.92 Å². The summed E-state index contributed by atoms with van der Waals surface area (Å²) in [5.41, 5.74) is 2.68. The molecule has 0 unspecified atom stereocenters. The van der Waals surface area contributed by atoms with E-state index in [1.165, 1.54) is 7.11 Å². The zero-order valence-corrected chi connectivity index (χ0v) is 16.0. The van der Waals surface area contributed by atoms with Gasteiger partial charge in [-0.3, -0.25) is 9.59 Å². The molecule has 1 amide bonds. The second kappa shape index (κ2) is 8.72. The highest BCUT2D eigenvalue weighted by atomic mass is 35.5. The minimum absolute atomic E-state index is 0.171. The van der Waals surface area contributed by atoms with Crippen LogP contribution in [0.3, 0.4) is 0 Å². The van der Waals surface area contributed by atoms with Crippen molar-refractivity contribution in [3.8, 4) is 11.5 Å². The van der Waals surface area contributed by atoms with Crippen molar-refractivity contribution in [1.82, 2.24) is 0 Å². The van der Waals surface area contributed by atoms with Gasteiger partial charge < -0.3 is 14.8 Å². The lowest BCUT2D eigenvalue weighted by atomic mass is 10.0. The summed E-state index contributed by atoms with van der Waals surface area (Å²) < 4.78 is 10.9. The quantitative estimate of drug-likeness (QED) is 0.717. The van der Waals surface area contributed by atoms with E-state index in [-0.39, 0.29) is 18.4 Å². The number of benzene rings is 2. The fourth-order valence-electron chi connectivity index (χ4n) is 2.47. The molecule has 0 radical (unpaired) electrons. The molecule has 26 heavy (non-hydrogen) atoms. The van der Waals surface area contributed by atoms with Gasteiger partial charge in [-0.2, -0.15) is 0 Å². The van der Waals surface area contributed by atoms with Crippen LogP contribution in [-0.2, 0) is 4.79 Å². The molecule has 138 valence electrons. The summed E-state index contributed by atoms with van der Waals surface area (Å²) in [5, 5.41) is 3.37. The van der Waals surface area contributed by atoms with E-state index in [0.29, 0.717) is 34.1 Å². The third kappa shape index (κ3) is 4.76. The molecule has 0 aromatic heterocycles. The van der Waals surface area contributed by atoms with E-state index in [4.69, 9.17) is 21.1 Å². The van der Waals surface area contributed by atoms with Crippen molar-refractivity contribution in [3.05, 3.63) is 52.0 Å². The minimum Gasteiger partial charge on any atom is -0.495 e. The summed E-state index contributed by atoms with van der Waals surface area (Å²) in [5.74, 6) is 0.948. The van der Waals surface area contributed by atoms with Crippen LogP contribution in [0.4, 0.5) is 5.69 Å². The van der Waals surface area contributed by atoms with E-state index in [9.17, 15) is 9.59 Å². The van der Waals surface area contributed by atoms with Crippen molar-refractivity contribution >= 4 is 29.5 Å². The molecular formula is C20H22ClNO4. The van der Waals surface area contributed by atoms with E-state index in [1.807, 2.05) is 32.9 Å². The van der Waals surface area contributed by atoms with Gasteiger partial charge in [-0.25, -0.2) is 0 Å². The van der Waals surface area contributed by atoms with Crippen molar-refractivity contribution < 1.29 is 19.1 Å². The Morgan fingerprint density at radius 1 is 1.23 bits per heavy atom. The Hall–Kier alpha value is -2.53. The van der Waals surface area contributed by atoms with Gasteiger partial charge in [-0.1, -0.05) is 25.4 Å². The fraction of sp³-hybridized carbons (Fsp3) is 0.300. The van der Waals surface area contributed by atoms with Crippen LogP contribution in [0.5, 0.6) is 11.5 Å². The molecule has 0 aliphatic rings. The van der Waals surface area contributed by atoms with Crippen molar-refractivity contribution in [2.24, 2.45) is 0 Å². The number of carbonyl (C=O) groups is 2. The zero-order chi connectivity index (χ0) is 19.3. The Balaban J connectivity index is 2.13. The molecule has 0 bridgehead atoms. The fourth-order valence-corrected chi connectivity index (χ4v) is 2.64. The van der Waals surface area contributed by atoms with Crippen molar-refractivity contribution in [3.63, 3.8) is 0 Å². The molecule has 0 fully saturated rings. The molecule has 0 aliphatic heterocycles. The Labute approximate surface area is 158 Å². The minimum atomic E-state index is -0.353. The average Bonchev–Trinajstić information content (AvgIpc) is 2.62. The van der Waals surface area contributed by atoms with Crippen LogP contribution in [0.15, 0.2) is 30.3 Å². The summed E-state index contributed by atoms with van der Waals surface area (Å²) in [4.78, 5) is 23.2. The van der Waals surface area contributed by atoms with Gasteiger partial charge in [0.15, 0.2) is 6.61 Å². The Kier molecular flexibility index (Phi) is 6.64. The van der Waals surface area contributed by atoms with Gasteiger partial charge in [0, 0.05) is 10.6 Å². The van der Waals surface area contributed by atoms with Crippen LogP contribution < -0.4 is 14.8 Å². The number of amides is 1. The maximum absolute atomic E-state index is 12.3. The number of methoxy groups -OCH3 is 1. The highest BCUT2D eigenvalue weighted by Gasteiger charge is 2.14. The lowest BCUT2D eigenvalue weighted by Gasteiger charge is -2.16. The maximum atomic E-state index is 12.3. The number of ether oxygens (including phenoxy) is 2. The first kappa shape index (κ1) is 19.8. The molecule has 0 spiro atoms. The summed E-state index contributed by atoms with van der Waals surface area (Å²) in [7, 11) is 1.49. The maximum Gasteiger partial charge on any atom is 0.262 e. The smallest absolute Gasteiger partial charge is 0.262 e. The van der Waals surface area contributed by atoms with Crippen LogP contribution in [-0.4, -0.2) is 25.9 Å². The highest BCUT2D eigenvalue weighted by molar-refractivity contribution is 6.31. The van der Waals surface area contributed by atoms with Gasteiger partial charge in [0.05, 0.1) is 12.8 Å². The SMILES string of the molecule is COc1ccc(C=O)cc1NC(=O)COc1cc(C)c(Cl)cc1C(C)C. The van der Waals surface area contributed by atoms with Gasteiger partial charge in [0.25, 0.3) is 5.91 Å². The monoisotopic (exact) mass is 375 g/mol. The Morgan fingerprint density at radius 2 is 1.96 bits per heavy atom. The molecule has 6 heteroatoms. The second-order valence-electron chi connectivity index (χ2n) is 6.21. The van der Waals surface area contributed by atoms with Gasteiger partial charge in [-0.05, 0) is 54.3 Å². The molecule has 5 nitrogen and oxygen atoms in total. The molecule has 0 saturated heterocycles. The molecule has 0 saturated carbocycles. The van der Waals surface area contributed by atoms with Crippen LogP contribution in [0.2, 0.25) is 5.02 Å². The zero-order valence-electron chi connectivity index (χ0n) is 15.3. The van der Waals surface area contributed by atoms with Crippen LogP contribution in [0.1, 0.15) is 41.3 Å². The number of anilines is 1. The summed E-state index contributed by atoms with van der Waals surface area (Å²) in [6.45, 7) is 5.78. The number of aryl methyl sites for hydroxylation is 1. The lowest BCUT2D eigenvalue weighted by Crippen LogP contribution is -2.21. The molecule has 2 aromatic carbocycles. The molecule has 1 N–H and O–H groups in total.